The van der Waals surface area contributed by atoms with Crippen LogP contribution in [0.4, 0.5) is 0 Å². The van der Waals surface area contributed by atoms with Gasteiger partial charge >= 0.3 is 0 Å². The van der Waals surface area contributed by atoms with Gasteiger partial charge in [0, 0.05) is 17.9 Å². The number of benzene rings is 1. The molecule has 80 valence electrons. The van der Waals surface area contributed by atoms with Crippen molar-refractivity contribution < 1.29 is 4.79 Å². The second-order valence-electron chi connectivity index (χ2n) is 3.62. The fraction of sp³-hybridized carbons (Fsp3) is 0.364. The Morgan fingerprint density at radius 3 is 2.80 bits per heavy atom. The van der Waals surface area contributed by atoms with E-state index in [2.05, 4.69) is 15.9 Å². The zero-order valence-electron chi connectivity index (χ0n) is 8.12. The predicted molar refractivity (Wildman–Crippen MR) is 64.7 cm³/mol. The zero-order chi connectivity index (χ0) is 10.8. The van der Waals surface area contributed by atoms with Crippen LogP contribution in [0, 0.1) is 0 Å². The van der Waals surface area contributed by atoms with E-state index in [0.29, 0.717) is 15.4 Å². The summed E-state index contributed by atoms with van der Waals surface area (Å²) in [5.74, 6) is 0.0301. The molecule has 0 aliphatic carbocycles. The number of likely N-dealkylation sites (tertiary alicyclic amines) is 1. The fourth-order valence-corrected chi connectivity index (χ4v) is 2.48. The van der Waals surface area contributed by atoms with Crippen molar-refractivity contribution in [1.82, 2.24) is 4.90 Å². The first-order chi connectivity index (χ1) is 7.18. The van der Waals surface area contributed by atoms with Crippen molar-refractivity contribution in [3.63, 3.8) is 0 Å². The van der Waals surface area contributed by atoms with Crippen LogP contribution in [0.5, 0.6) is 0 Å². The minimum Gasteiger partial charge on any atom is -0.337 e. The highest BCUT2D eigenvalue weighted by Gasteiger charge is 2.25. The van der Waals surface area contributed by atoms with Crippen LogP contribution in [0.1, 0.15) is 16.8 Å². The van der Waals surface area contributed by atoms with Gasteiger partial charge in [-0.15, -0.1) is 0 Å². The number of hydrogen-bond acceptors (Lipinski definition) is 1. The standard InChI is InChI=1S/C11H11BrClNO/c12-8-5-6-14(7-8)11(15)9-3-1-2-4-10(9)13/h1-4,8H,5-7H2. The van der Waals surface area contributed by atoms with Crippen molar-refractivity contribution in [3.05, 3.63) is 34.9 Å². The molecule has 0 bridgehead atoms. The number of amides is 1. The molecule has 1 unspecified atom stereocenters. The maximum Gasteiger partial charge on any atom is 0.255 e. The summed E-state index contributed by atoms with van der Waals surface area (Å²) in [5.41, 5.74) is 0.598. The quantitative estimate of drug-likeness (QED) is 0.728. The number of carbonyl (C=O) groups is 1. The minimum absolute atomic E-state index is 0.0301. The van der Waals surface area contributed by atoms with Crippen LogP contribution in [-0.4, -0.2) is 28.7 Å². The van der Waals surface area contributed by atoms with Gasteiger partial charge in [-0.2, -0.15) is 0 Å². The number of hydrogen-bond donors (Lipinski definition) is 0. The maximum atomic E-state index is 12.0. The van der Waals surface area contributed by atoms with Gasteiger partial charge in [-0.05, 0) is 18.6 Å². The number of alkyl halides is 1. The van der Waals surface area contributed by atoms with Gasteiger partial charge in [0.1, 0.15) is 0 Å². The fourth-order valence-electron chi connectivity index (χ4n) is 1.71. The van der Waals surface area contributed by atoms with E-state index in [9.17, 15) is 4.79 Å². The molecule has 2 rings (SSSR count). The van der Waals surface area contributed by atoms with E-state index in [1.807, 2.05) is 17.0 Å². The summed E-state index contributed by atoms with van der Waals surface area (Å²) in [6, 6.07) is 7.18. The van der Waals surface area contributed by atoms with Crippen molar-refractivity contribution >= 4 is 33.4 Å². The molecule has 0 saturated carbocycles. The number of carbonyl (C=O) groups excluding carboxylic acids is 1. The Morgan fingerprint density at radius 2 is 2.20 bits per heavy atom. The zero-order valence-corrected chi connectivity index (χ0v) is 10.5. The summed E-state index contributed by atoms with van der Waals surface area (Å²) >= 11 is 9.49. The molecule has 4 heteroatoms. The van der Waals surface area contributed by atoms with Gasteiger partial charge < -0.3 is 4.90 Å². The third kappa shape index (κ3) is 2.34. The van der Waals surface area contributed by atoms with Gasteiger partial charge in [-0.3, -0.25) is 4.79 Å². The first kappa shape index (κ1) is 11.0. The highest BCUT2D eigenvalue weighted by molar-refractivity contribution is 9.09. The van der Waals surface area contributed by atoms with E-state index in [4.69, 9.17) is 11.6 Å². The average molecular weight is 289 g/mol. The molecule has 1 heterocycles. The molecule has 0 radical (unpaired) electrons. The average Bonchev–Trinajstić information content (AvgIpc) is 2.65. The topological polar surface area (TPSA) is 20.3 Å². The molecule has 1 aliphatic heterocycles. The Labute approximate surface area is 102 Å². The molecular weight excluding hydrogens is 277 g/mol. The largest absolute Gasteiger partial charge is 0.337 e. The lowest BCUT2D eigenvalue weighted by Crippen LogP contribution is -2.28. The SMILES string of the molecule is O=C(c1ccccc1Cl)N1CCC(Br)C1. The van der Waals surface area contributed by atoms with E-state index in [0.717, 1.165) is 19.5 Å². The summed E-state index contributed by atoms with van der Waals surface area (Å²) in [6.45, 7) is 1.57. The van der Waals surface area contributed by atoms with E-state index in [-0.39, 0.29) is 5.91 Å². The second kappa shape index (κ2) is 4.54. The highest BCUT2D eigenvalue weighted by atomic mass is 79.9. The molecule has 0 N–H and O–H groups in total. The third-order valence-electron chi connectivity index (χ3n) is 2.52. The Hall–Kier alpha value is -0.540. The van der Waals surface area contributed by atoms with Gasteiger partial charge in [-0.1, -0.05) is 39.7 Å². The molecule has 15 heavy (non-hydrogen) atoms. The van der Waals surface area contributed by atoms with Crippen LogP contribution in [-0.2, 0) is 0 Å². The van der Waals surface area contributed by atoms with Gasteiger partial charge in [0.25, 0.3) is 5.91 Å². The van der Waals surface area contributed by atoms with Crippen LogP contribution in [0.15, 0.2) is 24.3 Å². The van der Waals surface area contributed by atoms with E-state index < -0.39 is 0 Å². The Morgan fingerprint density at radius 1 is 1.47 bits per heavy atom. The molecule has 1 atom stereocenters. The van der Waals surface area contributed by atoms with E-state index >= 15 is 0 Å². The lowest BCUT2D eigenvalue weighted by atomic mass is 10.2. The van der Waals surface area contributed by atoms with Crippen LogP contribution in [0.25, 0.3) is 0 Å². The van der Waals surface area contributed by atoms with Crippen LogP contribution in [0.2, 0.25) is 5.02 Å². The molecule has 1 fully saturated rings. The summed E-state index contributed by atoms with van der Waals surface area (Å²) in [4.78, 5) is 14.3. The van der Waals surface area contributed by atoms with Crippen molar-refractivity contribution in [3.8, 4) is 0 Å². The summed E-state index contributed by atoms with van der Waals surface area (Å²) in [7, 11) is 0. The smallest absolute Gasteiger partial charge is 0.255 e. The number of nitrogens with zero attached hydrogens (tertiary/aromatic N) is 1. The Balaban J connectivity index is 2.18. The van der Waals surface area contributed by atoms with Gasteiger partial charge in [0.15, 0.2) is 0 Å². The van der Waals surface area contributed by atoms with Gasteiger partial charge in [0.05, 0.1) is 10.6 Å². The normalized spacial score (nSPS) is 20.7. The molecule has 1 saturated heterocycles. The molecule has 1 aromatic rings. The van der Waals surface area contributed by atoms with Crippen molar-refractivity contribution in [2.75, 3.05) is 13.1 Å². The van der Waals surface area contributed by atoms with E-state index in [1.165, 1.54) is 0 Å². The summed E-state index contributed by atoms with van der Waals surface area (Å²) in [6.07, 6.45) is 1.01. The molecule has 2 nitrogen and oxygen atoms in total. The maximum absolute atomic E-state index is 12.0. The lowest BCUT2D eigenvalue weighted by molar-refractivity contribution is 0.0793. The minimum atomic E-state index is 0.0301. The Kier molecular flexibility index (Phi) is 3.32. The molecule has 1 aromatic carbocycles. The second-order valence-corrected chi connectivity index (χ2v) is 5.32. The molecular formula is C11H11BrClNO. The first-order valence-corrected chi connectivity index (χ1v) is 6.15. The number of halogens is 2. The lowest BCUT2D eigenvalue weighted by Gasteiger charge is -2.16. The summed E-state index contributed by atoms with van der Waals surface area (Å²) in [5, 5.41) is 0.528. The number of rotatable bonds is 1. The Bertz CT molecular complexity index is 383. The molecule has 1 aliphatic rings. The van der Waals surface area contributed by atoms with Gasteiger partial charge in [-0.25, -0.2) is 0 Å². The van der Waals surface area contributed by atoms with Crippen molar-refractivity contribution in [2.24, 2.45) is 0 Å². The molecule has 0 spiro atoms. The molecule has 0 aromatic heterocycles. The van der Waals surface area contributed by atoms with Crippen molar-refractivity contribution in [2.45, 2.75) is 11.2 Å². The highest BCUT2D eigenvalue weighted by Crippen LogP contribution is 2.22. The van der Waals surface area contributed by atoms with Gasteiger partial charge in [0.2, 0.25) is 0 Å². The van der Waals surface area contributed by atoms with Crippen LogP contribution >= 0.6 is 27.5 Å². The third-order valence-corrected chi connectivity index (χ3v) is 3.60. The van der Waals surface area contributed by atoms with Crippen LogP contribution < -0.4 is 0 Å². The van der Waals surface area contributed by atoms with E-state index in [1.54, 1.807) is 12.1 Å². The van der Waals surface area contributed by atoms with Crippen LogP contribution in [0.3, 0.4) is 0 Å². The molecule has 1 amide bonds. The summed E-state index contributed by atoms with van der Waals surface area (Å²) < 4.78 is 0. The monoisotopic (exact) mass is 287 g/mol. The van der Waals surface area contributed by atoms with Crippen molar-refractivity contribution in [1.29, 1.82) is 0 Å². The predicted octanol–water partition coefficient (Wildman–Crippen LogP) is 2.95. The first-order valence-electron chi connectivity index (χ1n) is 4.86.